The fraction of sp³-hybridized carbons (Fsp3) is 0.417. The highest BCUT2D eigenvalue weighted by Crippen LogP contribution is 2.15. The van der Waals surface area contributed by atoms with Crippen LogP contribution in [0.15, 0.2) is 24.3 Å². The molecule has 0 bridgehead atoms. The van der Waals surface area contributed by atoms with Gasteiger partial charge < -0.3 is 15.2 Å². The van der Waals surface area contributed by atoms with Gasteiger partial charge in [0.15, 0.2) is 0 Å². The first-order valence-electron chi connectivity index (χ1n) is 5.43. The number of aromatic carboxylic acids is 1. The Morgan fingerprint density at radius 1 is 1.50 bits per heavy atom. The van der Waals surface area contributed by atoms with Gasteiger partial charge in [-0.15, -0.1) is 0 Å². The SMILES string of the molecule is O=C(O)c1cccc(NC2CCCOC2)c1. The molecule has 2 rings (SSSR count). The zero-order chi connectivity index (χ0) is 11.4. The monoisotopic (exact) mass is 221 g/mol. The lowest BCUT2D eigenvalue weighted by Gasteiger charge is -2.24. The number of benzene rings is 1. The highest BCUT2D eigenvalue weighted by molar-refractivity contribution is 5.88. The van der Waals surface area contributed by atoms with Gasteiger partial charge in [0.2, 0.25) is 0 Å². The number of carbonyl (C=O) groups is 1. The van der Waals surface area contributed by atoms with E-state index in [9.17, 15) is 4.79 Å². The summed E-state index contributed by atoms with van der Waals surface area (Å²) in [6.07, 6.45) is 2.12. The van der Waals surface area contributed by atoms with Crippen molar-refractivity contribution < 1.29 is 14.6 Å². The van der Waals surface area contributed by atoms with Crippen LogP contribution in [-0.2, 0) is 4.74 Å². The van der Waals surface area contributed by atoms with E-state index in [1.807, 2.05) is 6.07 Å². The van der Waals surface area contributed by atoms with E-state index in [1.165, 1.54) is 0 Å². The summed E-state index contributed by atoms with van der Waals surface area (Å²) in [7, 11) is 0. The molecule has 1 aromatic rings. The van der Waals surface area contributed by atoms with Crippen LogP contribution in [0.25, 0.3) is 0 Å². The first kappa shape index (κ1) is 11.0. The number of hydrogen-bond acceptors (Lipinski definition) is 3. The van der Waals surface area contributed by atoms with E-state index in [-0.39, 0.29) is 6.04 Å². The zero-order valence-corrected chi connectivity index (χ0v) is 8.98. The fourth-order valence-corrected chi connectivity index (χ4v) is 1.83. The van der Waals surface area contributed by atoms with E-state index < -0.39 is 5.97 Å². The first-order chi connectivity index (χ1) is 7.75. The molecule has 1 unspecified atom stereocenters. The molecule has 2 N–H and O–H groups in total. The number of carboxylic acids is 1. The van der Waals surface area contributed by atoms with Gasteiger partial charge in [0.1, 0.15) is 0 Å². The van der Waals surface area contributed by atoms with Gasteiger partial charge in [-0.3, -0.25) is 0 Å². The second kappa shape index (κ2) is 4.99. The third-order valence-corrected chi connectivity index (χ3v) is 2.64. The van der Waals surface area contributed by atoms with Crippen LogP contribution < -0.4 is 5.32 Å². The molecule has 0 radical (unpaired) electrons. The predicted molar refractivity (Wildman–Crippen MR) is 60.9 cm³/mol. The van der Waals surface area contributed by atoms with Crippen molar-refractivity contribution in [3.63, 3.8) is 0 Å². The van der Waals surface area contributed by atoms with E-state index in [4.69, 9.17) is 9.84 Å². The second-order valence-corrected chi connectivity index (χ2v) is 3.94. The van der Waals surface area contributed by atoms with Crippen molar-refractivity contribution in [2.24, 2.45) is 0 Å². The Kier molecular flexibility index (Phi) is 3.41. The van der Waals surface area contributed by atoms with Crippen LogP contribution in [0.4, 0.5) is 5.69 Å². The molecular formula is C12H15NO3. The van der Waals surface area contributed by atoms with E-state index >= 15 is 0 Å². The minimum absolute atomic E-state index is 0.290. The zero-order valence-electron chi connectivity index (χ0n) is 8.98. The molecule has 1 atom stereocenters. The quantitative estimate of drug-likeness (QED) is 0.819. The number of ether oxygens (including phenoxy) is 1. The lowest BCUT2D eigenvalue weighted by atomic mass is 10.1. The summed E-state index contributed by atoms with van der Waals surface area (Å²) >= 11 is 0. The summed E-state index contributed by atoms with van der Waals surface area (Å²) in [6, 6.07) is 7.15. The standard InChI is InChI=1S/C12H15NO3/c14-12(15)9-3-1-4-10(7-9)13-11-5-2-6-16-8-11/h1,3-4,7,11,13H,2,5-6,8H2,(H,14,15). The van der Waals surface area contributed by atoms with Crippen LogP contribution in [0.2, 0.25) is 0 Å². The molecule has 1 heterocycles. The Labute approximate surface area is 94.2 Å². The lowest BCUT2D eigenvalue weighted by Crippen LogP contribution is -2.29. The van der Waals surface area contributed by atoms with Gasteiger partial charge in [-0.05, 0) is 31.0 Å². The smallest absolute Gasteiger partial charge is 0.335 e. The van der Waals surface area contributed by atoms with E-state index in [1.54, 1.807) is 18.2 Å². The van der Waals surface area contributed by atoms with Crippen LogP contribution in [0, 0.1) is 0 Å². The lowest BCUT2D eigenvalue weighted by molar-refractivity contribution is 0.0697. The summed E-state index contributed by atoms with van der Waals surface area (Å²) in [6.45, 7) is 1.52. The molecule has 4 nitrogen and oxygen atoms in total. The van der Waals surface area contributed by atoms with Gasteiger partial charge >= 0.3 is 5.97 Å². The third-order valence-electron chi connectivity index (χ3n) is 2.64. The number of nitrogens with one attached hydrogen (secondary N) is 1. The van der Waals surface area contributed by atoms with Crippen molar-refractivity contribution >= 4 is 11.7 Å². The molecule has 0 amide bonds. The maximum Gasteiger partial charge on any atom is 0.335 e. The van der Waals surface area contributed by atoms with Crippen LogP contribution in [0.3, 0.4) is 0 Å². The van der Waals surface area contributed by atoms with Crippen molar-refractivity contribution in [2.75, 3.05) is 18.5 Å². The minimum atomic E-state index is -0.899. The van der Waals surface area contributed by atoms with Gasteiger partial charge in [0.25, 0.3) is 0 Å². The van der Waals surface area contributed by atoms with Gasteiger partial charge in [0, 0.05) is 18.3 Å². The average molecular weight is 221 g/mol. The Balaban J connectivity index is 2.02. The Bertz CT molecular complexity index is 372. The molecule has 86 valence electrons. The van der Waals surface area contributed by atoms with Crippen LogP contribution in [-0.4, -0.2) is 30.3 Å². The number of anilines is 1. The average Bonchev–Trinajstić information content (AvgIpc) is 2.30. The second-order valence-electron chi connectivity index (χ2n) is 3.94. The Morgan fingerprint density at radius 2 is 2.38 bits per heavy atom. The van der Waals surface area contributed by atoms with Crippen LogP contribution in [0.1, 0.15) is 23.2 Å². The van der Waals surface area contributed by atoms with E-state index in [0.29, 0.717) is 12.2 Å². The van der Waals surface area contributed by atoms with E-state index in [2.05, 4.69) is 5.32 Å². The molecule has 4 heteroatoms. The molecule has 16 heavy (non-hydrogen) atoms. The number of rotatable bonds is 3. The molecule has 1 saturated heterocycles. The fourth-order valence-electron chi connectivity index (χ4n) is 1.83. The molecule has 0 aromatic heterocycles. The predicted octanol–water partition coefficient (Wildman–Crippen LogP) is 1.98. The van der Waals surface area contributed by atoms with Crippen LogP contribution >= 0.6 is 0 Å². The molecule has 0 saturated carbocycles. The Hall–Kier alpha value is -1.55. The summed E-state index contributed by atoms with van der Waals surface area (Å²) in [5.74, 6) is -0.899. The molecule has 1 aliphatic rings. The van der Waals surface area contributed by atoms with Gasteiger partial charge in [0.05, 0.1) is 12.2 Å². The van der Waals surface area contributed by atoms with E-state index in [0.717, 1.165) is 25.1 Å². The van der Waals surface area contributed by atoms with Gasteiger partial charge in [-0.1, -0.05) is 6.07 Å². The van der Waals surface area contributed by atoms with Crippen molar-refractivity contribution in [3.8, 4) is 0 Å². The summed E-state index contributed by atoms with van der Waals surface area (Å²) in [4.78, 5) is 10.8. The molecule has 1 aromatic carbocycles. The molecule has 1 fully saturated rings. The molecule has 0 aliphatic carbocycles. The summed E-state index contributed by atoms with van der Waals surface area (Å²) in [5.41, 5.74) is 1.15. The third kappa shape index (κ3) is 2.73. The molecular weight excluding hydrogens is 206 g/mol. The van der Waals surface area contributed by atoms with Crippen molar-refractivity contribution in [1.29, 1.82) is 0 Å². The van der Waals surface area contributed by atoms with Crippen molar-refractivity contribution in [1.82, 2.24) is 0 Å². The summed E-state index contributed by atoms with van der Waals surface area (Å²) in [5, 5.41) is 12.2. The maximum absolute atomic E-state index is 10.8. The highest BCUT2D eigenvalue weighted by Gasteiger charge is 2.13. The molecule has 1 aliphatic heterocycles. The van der Waals surface area contributed by atoms with Crippen molar-refractivity contribution in [3.05, 3.63) is 29.8 Å². The number of carboxylic acid groups (broad SMARTS) is 1. The van der Waals surface area contributed by atoms with Gasteiger partial charge in [-0.2, -0.15) is 0 Å². The minimum Gasteiger partial charge on any atom is -0.478 e. The largest absolute Gasteiger partial charge is 0.478 e. The van der Waals surface area contributed by atoms with Crippen molar-refractivity contribution in [2.45, 2.75) is 18.9 Å². The first-order valence-corrected chi connectivity index (χ1v) is 5.43. The van der Waals surface area contributed by atoms with Gasteiger partial charge in [-0.25, -0.2) is 4.79 Å². The Morgan fingerprint density at radius 3 is 3.06 bits per heavy atom. The van der Waals surface area contributed by atoms with Crippen LogP contribution in [0.5, 0.6) is 0 Å². The summed E-state index contributed by atoms with van der Waals surface area (Å²) < 4.78 is 5.35. The highest BCUT2D eigenvalue weighted by atomic mass is 16.5. The maximum atomic E-state index is 10.8. The normalized spacial score (nSPS) is 20.4. The number of hydrogen-bond donors (Lipinski definition) is 2. The molecule has 0 spiro atoms. The topological polar surface area (TPSA) is 58.6 Å².